The standard InChI is InChI=1S/C19H16ClNO4S3/c1-27-8-7-14(18(23)24)21-17(22)16(28-19(21)26)10-13-5-6-15(25-13)11-3-2-4-12(20)9-11/h2-6,9-10,14H,7-8H2,1H3,(H,23,24)/b16-10-/t14-/m1/s1. The Kier molecular flexibility index (Phi) is 6.87. The summed E-state index contributed by atoms with van der Waals surface area (Å²) < 4.78 is 6.04. The summed E-state index contributed by atoms with van der Waals surface area (Å²) in [4.78, 5) is 25.9. The number of carbonyl (C=O) groups is 2. The van der Waals surface area contributed by atoms with Crippen molar-refractivity contribution in [2.75, 3.05) is 12.0 Å². The number of hydrogen-bond donors (Lipinski definition) is 1. The predicted molar refractivity (Wildman–Crippen MR) is 119 cm³/mol. The Labute approximate surface area is 181 Å². The fraction of sp³-hybridized carbons (Fsp3) is 0.211. The van der Waals surface area contributed by atoms with Crippen molar-refractivity contribution in [1.82, 2.24) is 4.90 Å². The van der Waals surface area contributed by atoms with E-state index < -0.39 is 17.9 Å². The quantitative estimate of drug-likeness (QED) is 0.466. The van der Waals surface area contributed by atoms with E-state index in [1.807, 2.05) is 18.4 Å². The largest absolute Gasteiger partial charge is 0.480 e. The number of carboxylic acid groups (broad SMARTS) is 1. The first-order valence-corrected chi connectivity index (χ1v) is 11.2. The molecule has 0 saturated carbocycles. The molecule has 28 heavy (non-hydrogen) atoms. The van der Waals surface area contributed by atoms with Gasteiger partial charge in [0.2, 0.25) is 0 Å². The molecule has 1 aliphatic rings. The zero-order chi connectivity index (χ0) is 20.3. The second-order valence-corrected chi connectivity index (χ2v) is 9.00. The minimum Gasteiger partial charge on any atom is -0.480 e. The highest BCUT2D eigenvalue weighted by Gasteiger charge is 2.40. The summed E-state index contributed by atoms with van der Waals surface area (Å²) in [6.45, 7) is 0. The van der Waals surface area contributed by atoms with Crippen molar-refractivity contribution < 1.29 is 19.1 Å². The second kappa shape index (κ2) is 9.17. The highest BCUT2D eigenvalue weighted by Crippen LogP contribution is 2.35. The highest BCUT2D eigenvalue weighted by molar-refractivity contribution is 8.26. The number of thiocarbonyl (C=S) groups is 1. The molecule has 0 spiro atoms. The van der Waals surface area contributed by atoms with E-state index in [-0.39, 0.29) is 4.32 Å². The van der Waals surface area contributed by atoms with Gasteiger partial charge in [0.1, 0.15) is 21.9 Å². The number of benzene rings is 1. The minimum atomic E-state index is -1.06. The van der Waals surface area contributed by atoms with E-state index in [9.17, 15) is 14.7 Å². The number of amides is 1. The van der Waals surface area contributed by atoms with Gasteiger partial charge in [0.05, 0.1) is 4.91 Å². The summed E-state index contributed by atoms with van der Waals surface area (Å²) in [6.07, 6.45) is 3.80. The summed E-state index contributed by atoms with van der Waals surface area (Å²) in [5.74, 6) is 0.241. The fourth-order valence-corrected chi connectivity index (χ4v) is 4.68. The van der Waals surface area contributed by atoms with Crippen LogP contribution in [0.2, 0.25) is 5.02 Å². The number of aliphatic carboxylic acids is 1. The van der Waals surface area contributed by atoms with Crippen molar-refractivity contribution in [1.29, 1.82) is 0 Å². The van der Waals surface area contributed by atoms with Crippen LogP contribution in [-0.2, 0) is 9.59 Å². The van der Waals surface area contributed by atoms with Gasteiger partial charge in [0.15, 0.2) is 0 Å². The van der Waals surface area contributed by atoms with Gasteiger partial charge in [-0.2, -0.15) is 11.8 Å². The molecule has 9 heteroatoms. The Morgan fingerprint density at radius 2 is 2.21 bits per heavy atom. The van der Waals surface area contributed by atoms with Gasteiger partial charge in [-0.1, -0.05) is 47.7 Å². The lowest BCUT2D eigenvalue weighted by Gasteiger charge is -2.22. The molecule has 0 bridgehead atoms. The molecule has 0 radical (unpaired) electrons. The van der Waals surface area contributed by atoms with E-state index >= 15 is 0 Å². The number of nitrogens with zero attached hydrogens (tertiary/aromatic N) is 1. The van der Waals surface area contributed by atoms with Crippen LogP contribution >= 0.6 is 47.3 Å². The normalized spacial score (nSPS) is 16.8. The topological polar surface area (TPSA) is 70.8 Å². The van der Waals surface area contributed by atoms with Gasteiger partial charge in [0, 0.05) is 16.7 Å². The van der Waals surface area contributed by atoms with Crippen LogP contribution in [0.3, 0.4) is 0 Å². The van der Waals surface area contributed by atoms with Gasteiger partial charge in [-0.05, 0) is 42.7 Å². The van der Waals surface area contributed by atoms with E-state index in [1.165, 1.54) is 16.7 Å². The first-order chi connectivity index (χ1) is 13.4. The summed E-state index contributed by atoms with van der Waals surface area (Å²) in [7, 11) is 0. The summed E-state index contributed by atoms with van der Waals surface area (Å²) in [5, 5.41) is 10.1. The first kappa shape index (κ1) is 21.0. The van der Waals surface area contributed by atoms with Crippen molar-refractivity contribution in [3.05, 3.63) is 52.1 Å². The van der Waals surface area contributed by atoms with E-state index in [4.69, 9.17) is 28.2 Å². The Balaban J connectivity index is 1.83. The van der Waals surface area contributed by atoms with Crippen LogP contribution in [0.1, 0.15) is 12.2 Å². The molecule has 1 aromatic heterocycles. The van der Waals surface area contributed by atoms with Gasteiger partial charge < -0.3 is 9.52 Å². The maximum absolute atomic E-state index is 12.8. The summed E-state index contributed by atoms with van der Waals surface area (Å²) >= 11 is 13.9. The Morgan fingerprint density at radius 1 is 1.43 bits per heavy atom. The highest BCUT2D eigenvalue weighted by atomic mass is 35.5. The smallest absolute Gasteiger partial charge is 0.326 e. The van der Waals surface area contributed by atoms with Crippen molar-refractivity contribution in [2.24, 2.45) is 0 Å². The van der Waals surface area contributed by atoms with Gasteiger partial charge in [0.25, 0.3) is 5.91 Å². The number of carboxylic acids is 1. The zero-order valence-electron chi connectivity index (χ0n) is 14.8. The first-order valence-electron chi connectivity index (χ1n) is 8.25. The number of hydrogen-bond acceptors (Lipinski definition) is 6. The summed E-state index contributed by atoms with van der Waals surface area (Å²) in [5.41, 5.74) is 0.822. The van der Waals surface area contributed by atoms with Crippen LogP contribution in [0.25, 0.3) is 17.4 Å². The van der Waals surface area contributed by atoms with Gasteiger partial charge in [-0.3, -0.25) is 9.69 Å². The molecule has 146 valence electrons. The molecule has 1 saturated heterocycles. The Bertz CT molecular complexity index is 956. The lowest BCUT2D eigenvalue weighted by Crippen LogP contribution is -2.44. The maximum atomic E-state index is 12.8. The van der Waals surface area contributed by atoms with Crippen molar-refractivity contribution in [3.8, 4) is 11.3 Å². The number of halogens is 1. The molecule has 2 aromatic rings. The number of carbonyl (C=O) groups excluding carboxylic acids is 1. The molecule has 1 fully saturated rings. The molecule has 5 nitrogen and oxygen atoms in total. The van der Waals surface area contributed by atoms with Crippen molar-refractivity contribution >= 4 is 69.6 Å². The van der Waals surface area contributed by atoms with Crippen molar-refractivity contribution in [3.63, 3.8) is 0 Å². The Morgan fingerprint density at radius 3 is 2.89 bits per heavy atom. The van der Waals surface area contributed by atoms with Gasteiger partial charge in [-0.25, -0.2) is 4.79 Å². The third-order valence-electron chi connectivity index (χ3n) is 4.02. The molecule has 1 amide bonds. The fourth-order valence-electron chi connectivity index (χ4n) is 2.70. The Hall–Kier alpha value is -1.74. The minimum absolute atomic E-state index is 0.242. The predicted octanol–water partition coefficient (Wildman–Crippen LogP) is 5.01. The van der Waals surface area contributed by atoms with E-state index in [0.717, 1.165) is 17.3 Å². The van der Waals surface area contributed by atoms with Crippen LogP contribution in [-0.4, -0.2) is 44.3 Å². The zero-order valence-corrected chi connectivity index (χ0v) is 18.0. The third-order valence-corrected chi connectivity index (χ3v) is 6.23. The third kappa shape index (κ3) is 4.63. The molecule has 1 N–H and O–H groups in total. The molecule has 1 atom stereocenters. The SMILES string of the molecule is CSCC[C@H](C(=O)O)N1C(=O)/C(=C/c2ccc(-c3cccc(Cl)c3)o2)SC1=S. The van der Waals surface area contributed by atoms with Crippen LogP contribution in [0.15, 0.2) is 45.7 Å². The molecule has 1 aliphatic heterocycles. The van der Waals surface area contributed by atoms with Crippen LogP contribution < -0.4 is 0 Å². The van der Waals surface area contributed by atoms with Gasteiger partial charge >= 0.3 is 5.97 Å². The molecule has 1 aromatic carbocycles. The van der Waals surface area contributed by atoms with Gasteiger partial charge in [-0.15, -0.1) is 0 Å². The number of rotatable bonds is 7. The van der Waals surface area contributed by atoms with E-state index in [2.05, 4.69) is 0 Å². The molecule has 3 rings (SSSR count). The number of thioether (sulfide) groups is 2. The van der Waals surface area contributed by atoms with E-state index in [1.54, 1.807) is 30.3 Å². The van der Waals surface area contributed by atoms with Crippen LogP contribution in [0.5, 0.6) is 0 Å². The molecule has 0 unspecified atom stereocenters. The molecule has 0 aliphatic carbocycles. The lowest BCUT2D eigenvalue weighted by molar-refractivity contribution is -0.145. The molecular formula is C19H16ClNO4S3. The van der Waals surface area contributed by atoms with Crippen LogP contribution in [0.4, 0.5) is 0 Å². The second-order valence-electron chi connectivity index (χ2n) is 5.90. The van der Waals surface area contributed by atoms with Crippen LogP contribution in [0, 0.1) is 0 Å². The average Bonchev–Trinajstić information content (AvgIpc) is 3.22. The monoisotopic (exact) mass is 453 g/mol. The van der Waals surface area contributed by atoms with E-state index in [0.29, 0.717) is 33.6 Å². The average molecular weight is 454 g/mol. The summed E-state index contributed by atoms with van der Waals surface area (Å²) in [6, 6.07) is 9.82. The number of furan rings is 1. The molecular weight excluding hydrogens is 438 g/mol. The van der Waals surface area contributed by atoms with Crippen molar-refractivity contribution in [2.45, 2.75) is 12.5 Å². The lowest BCUT2D eigenvalue weighted by atomic mass is 10.2. The maximum Gasteiger partial charge on any atom is 0.326 e. The molecule has 2 heterocycles.